The van der Waals surface area contributed by atoms with Crippen LogP contribution in [0, 0.1) is 17.3 Å². The fourth-order valence-electron chi connectivity index (χ4n) is 2.64. The van der Waals surface area contributed by atoms with Gasteiger partial charge < -0.3 is 0 Å². The van der Waals surface area contributed by atoms with Gasteiger partial charge in [0.15, 0.2) is 0 Å². The summed E-state index contributed by atoms with van der Waals surface area (Å²) in [5, 5.41) is 0. The molecular formula is C14H30. The van der Waals surface area contributed by atoms with Crippen LogP contribution in [0.2, 0.25) is 0 Å². The summed E-state index contributed by atoms with van der Waals surface area (Å²) >= 11 is 0. The van der Waals surface area contributed by atoms with E-state index in [1.165, 1.54) is 32.1 Å². The van der Waals surface area contributed by atoms with Crippen LogP contribution in [-0.2, 0) is 0 Å². The third kappa shape index (κ3) is 3.29. The lowest BCUT2D eigenvalue weighted by Crippen LogP contribution is -2.29. The van der Waals surface area contributed by atoms with Gasteiger partial charge in [0.25, 0.3) is 0 Å². The number of rotatable bonds is 7. The first-order chi connectivity index (χ1) is 6.55. The van der Waals surface area contributed by atoms with Gasteiger partial charge in [0, 0.05) is 0 Å². The first kappa shape index (κ1) is 14.0. The molecule has 2 atom stereocenters. The predicted molar refractivity (Wildman–Crippen MR) is 66.5 cm³/mol. The van der Waals surface area contributed by atoms with Gasteiger partial charge in [0.1, 0.15) is 0 Å². The Balaban J connectivity index is 4.44. The maximum Gasteiger partial charge on any atom is -0.0303 e. The summed E-state index contributed by atoms with van der Waals surface area (Å²) in [6, 6.07) is 0. The van der Waals surface area contributed by atoms with E-state index >= 15 is 0 Å². The monoisotopic (exact) mass is 198 g/mol. The van der Waals surface area contributed by atoms with Crippen LogP contribution >= 0.6 is 0 Å². The van der Waals surface area contributed by atoms with E-state index in [9.17, 15) is 0 Å². The van der Waals surface area contributed by atoms with Crippen LogP contribution in [-0.4, -0.2) is 0 Å². The second-order valence-electron chi connectivity index (χ2n) is 5.11. The van der Waals surface area contributed by atoms with Crippen molar-refractivity contribution in [3.05, 3.63) is 0 Å². The topological polar surface area (TPSA) is 0 Å². The molecule has 0 aromatic carbocycles. The molecule has 0 saturated carbocycles. The molecule has 0 N–H and O–H groups in total. The highest BCUT2D eigenvalue weighted by Gasteiger charge is 2.31. The highest BCUT2D eigenvalue weighted by Crippen LogP contribution is 2.41. The lowest BCUT2D eigenvalue weighted by Gasteiger charge is -2.39. The van der Waals surface area contributed by atoms with Crippen molar-refractivity contribution in [3.8, 4) is 0 Å². The summed E-state index contributed by atoms with van der Waals surface area (Å²) < 4.78 is 0. The SMILES string of the molecule is CCCC(CC)C(C)C(C)(CC)CC. The van der Waals surface area contributed by atoms with Gasteiger partial charge in [-0.25, -0.2) is 0 Å². The molecule has 0 aromatic heterocycles. The minimum absolute atomic E-state index is 0.565. The standard InChI is InChI=1S/C14H30/c1-7-11-13(8-2)12(5)14(6,9-3)10-4/h12-13H,7-11H2,1-6H3. The highest BCUT2D eigenvalue weighted by molar-refractivity contribution is 4.81. The molecule has 0 fully saturated rings. The van der Waals surface area contributed by atoms with E-state index in [-0.39, 0.29) is 0 Å². The van der Waals surface area contributed by atoms with Gasteiger partial charge in [0.2, 0.25) is 0 Å². The van der Waals surface area contributed by atoms with E-state index in [4.69, 9.17) is 0 Å². The van der Waals surface area contributed by atoms with Crippen LogP contribution in [0.1, 0.15) is 73.6 Å². The smallest absolute Gasteiger partial charge is 0.0303 e. The van der Waals surface area contributed by atoms with Crippen molar-refractivity contribution in [1.82, 2.24) is 0 Å². The summed E-state index contributed by atoms with van der Waals surface area (Å²) in [7, 11) is 0. The van der Waals surface area contributed by atoms with Crippen LogP contribution in [0.15, 0.2) is 0 Å². The third-order valence-electron chi connectivity index (χ3n) is 4.61. The van der Waals surface area contributed by atoms with Crippen LogP contribution in [0.4, 0.5) is 0 Å². The molecule has 0 rings (SSSR count). The highest BCUT2D eigenvalue weighted by atomic mass is 14.4. The van der Waals surface area contributed by atoms with Gasteiger partial charge in [-0.1, -0.05) is 73.6 Å². The molecule has 0 aliphatic carbocycles. The molecule has 0 aromatic rings. The van der Waals surface area contributed by atoms with Crippen LogP contribution in [0.25, 0.3) is 0 Å². The van der Waals surface area contributed by atoms with Crippen LogP contribution < -0.4 is 0 Å². The van der Waals surface area contributed by atoms with Crippen molar-refractivity contribution in [2.45, 2.75) is 73.6 Å². The zero-order chi connectivity index (χ0) is 11.2. The molecule has 2 unspecified atom stereocenters. The number of hydrogen-bond acceptors (Lipinski definition) is 0. The van der Waals surface area contributed by atoms with Crippen molar-refractivity contribution in [1.29, 1.82) is 0 Å². The lowest BCUT2D eigenvalue weighted by atomic mass is 9.67. The summed E-state index contributed by atoms with van der Waals surface area (Å²) in [5.74, 6) is 1.81. The quantitative estimate of drug-likeness (QED) is 0.522. The van der Waals surface area contributed by atoms with E-state index in [0.29, 0.717) is 5.41 Å². The van der Waals surface area contributed by atoms with Crippen LogP contribution in [0.5, 0.6) is 0 Å². The molecule has 14 heavy (non-hydrogen) atoms. The zero-order valence-corrected chi connectivity index (χ0v) is 11.2. The predicted octanol–water partition coefficient (Wildman–Crippen LogP) is 5.28. The largest absolute Gasteiger partial charge is 0.0654 e. The van der Waals surface area contributed by atoms with Gasteiger partial charge in [-0.2, -0.15) is 0 Å². The fraction of sp³-hybridized carbons (Fsp3) is 1.00. The molecule has 0 nitrogen and oxygen atoms in total. The Kier molecular flexibility index (Phi) is 6.48. The maximum atomic E-state index is 2.47. The van der Waals surface area contributed by atoms with Crippen molar-refractivity contribution < 1.29 is 0 Å². The first-order valence-corrected chi connectivity index (χ1v) is 6.55. The second-order valence-corrected chi connectivity index (χ2v) is 5.11. The normalized spacial score (nSPS) is 16.7. The van der Waals surface area contributed by atoms with Crippen molar-refractivity contribution in [2.24, 2.45) is 17.3 Å². The van der Waals surface area contributed by atoms with Crippen molar-refractivity contribution in [2.75, 3.05) is 0 Å². The van der Waals surface area contributed by atoms with E-state index in [1.807, 2.05) is 0 Å². The summed E-state index contributed by atoms with van der Waals surface area (Å²) in [6.45, 7) is 14.3. The molecule has 86 valence electrons. The first-order valence-electron chi connectivity index (χ1n) is 6.55. The van der Waals surface area contributed by atoms with Gasteiger partial charge in [-0.15, -0.1) is 0 Å². The Morgan fingerprint density at radius 2 is 1.50 bits per heavy atom. The second kappa shape index (κ2) is 6.48. The number of hydrogen-bond donors (Lipinski definition) is 0. The van der Waals surface area contributed by atoms with Gasteiger partial charge in [-0.05, 0) is 17.3 Å². The average molecular weight is 198 g/mol. The summed E-state index contributed by atoms with van der Waals surface area (Å²) in [4.78, 5) is 0. The molecule has 0 saturated heterocycles. The summed E-state index contributed by atoms with van der Waals surface area (Å²) in [6.07, 6.45) is 6.75. The minimum atomic E-state index is 0.565. The van der Waals surface area contributed by atoms with E-state index < -0.39 is 0 Å². The zero-order valence-electron chi connectivity index (χ0n) is 11.2. The minimum Gasteiger partial charge on any atom is -0.0654 e. The molecule has 0 spiro atoms. The van der Waals surface area contributed by atoms with E-state index in [0.717, 1.165) is 11.8 Å². The van der Waals surface area contributed by atoms with E-state index in [2.05, 4.69) is 41.5 Å². The fourth-order valence-corrected chi connectivity index (χ4v) is 2.64. The Morgan fingerprint density at radius 1 is 1.00 bits per heavy atom. The van der Waals surface area contributed by atoms with Gasteiger partial charge in [0.05, 0.1) is 0 Å². The molecule has 0 radical (unpaired) electrons. The summed E-state index contributed by atoms with van der Waals surface area (Å²) in [5.41, 5.74) is 0.565. The Bertz CT molecular complexity index is 133. The average Bonchev–Trinajstić information content (AvgIpc) is 2.23. The molecular weight excluding hydrogens is 168 g/mol. The molecule has 0 aliphatic heterocycles. The molecule has 0 amide bonds. The van der Waals surface area contributed by atoms with Crippen LogP contribution in [0.3, 0.4) is 0 Å². The molecule has 0 heteroatoms. The van der Waals surface area contributed by atoms with Gasteiger partial charge >= 0.3 is 0 Å². The molecule has 0 heterocycles. The van der Waals surface area contributed by atoms with E-state index in [1.54, 1.807) is 0 Å². The molecule has 0 aliphatic rings. The Labute approximate surface area is 91.5 Å². The third-order valence-corrected chi connectivity index (χ3v) is 4.61. The lowest BCUT2D eigenvalue weighted by molar-refractivity contribution is 0.113. The van der Waals surface area contributed by atoms with Crippen molar-refractivity contribution in [3.63, 3.8) is 0 Å². The van der Waals surface area contributed by atoms with Gasteiger partial charge in [-0.3, -0.25) is 0 Å². The Morgan fingerprint density at radius 3 is 1.79 bits per heavy atom. The molecule has 0 bridgehead atoms. The maximum absolute atomic E-state index is 2.47. The van der Waals surface area contributed by atoms with Crippen molar-refractivity contribution >= 4 is 0 Å². The Hall–Kier alpha value is 0.